The average molecular weight is 528 g/mol. The number of aromatic nitrogens is 5. The van der Waals surface area contributed by atoms with Crippen molar-refractivity contribution in [2.24, 2.45) is 0 Å². The highest BCUT2D eigenvalue weighted by atomic mass is 35.5. The van der Waals surface area contributed by atoms with Crippen molar-refractivity contribution in [2.45, 2.75) is 57.5 Å². The van der Waals surface area contributed by atoms with Crippen LogP contribution in [-0.4, -0.2) is 47.7 Å². The van der Waals surface area contributed by atoms with Crippen LogP contribution in [-0.2, 0) is 11.3 Å². The number of aromatic amines is 1. The number of carbonyl (C=O) groups is 2. The Hall–Kier alpha value is -3.05. The fourth-order valence-corrected chi connectivity index (χ4v) is 3.97. The molecule has 0 spiro atoms. The summed E-state index contributed by atoms with van der Waals surface area (Å²) in [6.07, 6.45) is 2.45. The summed E-state index contributed by atoms with van der Waals surface area (Å²) in [7, 11) is 0. The third-order valence-corrected chi connectivity index (χ3v) is 5.78. The Labute approximate surface area is 210 Å². The molecule has 0 aliphatic carbocycles. The van der Waals surface area contributed by atoms with Gasteiger partial charge in [0.1, 0.15) is 28.2 Å². The molecule has 0 saturated carbocycles. The quantitative estimate of drug-likeness (QED) is 0.268. The van der Waals surface area contributed by atoms with Crippen LogP contribution in [0, 0.1) is 25.6 Å². The van der Waals surface area contributed by atoms with Gasteiger partial charge in [-0.25, -0.2) is 9.37 Å². The number of carbonyl (C=O) groups excluding carboxylic acids is 2. The summed E-state index contributed by atoms with van der Waals surface area (Å²) in [5.74, 6) is -3.58. The zero-order valence-corrected chi connectivity index (χ0v) is 20.8. The molecule has 1 atom stereocenters. The fourth-order valence-electron chi connectivity index (χ4n) is 3.66. The number of nitrogens with one attached hydrogen (secondary N) is 3. The van der Waals surface area contributed by atoms with Gasteiger partial charge >= 0.3 is 0 Å². The second-order valence-electron chi connectivity index (χ2n) is 7.83. The lowest BCUT2D eigenvalue weighted by Crippen LogP contribution is -2.44. The molecule has 0 radical (unpaired) electrons. The van der Waals surface area contributed by atoms with Crippen molar-refractivity contribution in [1.82, 2.24) is 30.3 Å². The second-order valence-corrected chi connectivity index (χ2v) is 9.11. The number of halogens is 4. The number of alkyl halides is 2. The minimum absolute atomic E-state index is 0.185. The van der Waals surface area contributed by atoms with Gasteiger partial charge in [0.2, 0.25) is 11.9 Å². The van der Waals surface area contributed by atoms with Gasteiger partial charge < -0.3 is 10.6 Å². The lowest BCUT2D eigenvalue weighted by atomic mass is 10.0. The van der Waals surface area contributed by atoms with Gasteiger partial charge in [0.05, 0.1) is 11.3 Å². The monoisotopic (exact) mass is 527 g/mol. The first-order valence-corrected chi connectivity index (χ1v) is 11.8. The molecular weight excluding hydrogens is 503 g/mol. The first-order valence-electron chi connectivity index (χ1n) is 10.9. The second kappa shape index (κ2) is 11.6. The normalized spacial score (nSPS) is 12.1. The molecule has 3 N–H and O–H groups in total. The van der Waals surface area contributed by atoms with Crippen molar-refractivity contribution >= 4 is 40.8 Å². The molecule has 0 aromatic carbocycles. The SMILES string of the molecule is CCn1nccc1C(=O)N[C@@H](CCCC(Cl)Cl)C(=O)Nc1cc(F)c(-c2c(C)n[nH]c2C)c(F)n1. The van der Waals surface area contributed by atoms with Gasteiger partial charge in [0.25, 0.3) is 5.91 Å². The van der Waals surface area contributed by atoms with Gasteiger partial charge in [-0.05, 0) is 46.1 Å². The summed E-state index contributed by atoms with van der Waals surface area (Å²) in [6.45, 7) is 5.52. The number of pyridine rings is 1. The van der Waals surface area contributed by atoms with E-state index in [9.17, 15) is 18.4 Å². The molecule has 3 heterocycles. The standard InChI is InChI=1S/C22H25Cl2F2N7O2/c1-4-33-15(8-9-27-33)22(35)28-14(6-5-7-16(23)24)21(34)30-17-10-13(25)19(20(26)29-17)18-11(2)31-32-12(18)3/h8-10,14,16H,4-7H2,1-3H3,(H,28,35)(H,31,32)(H,29,30,34)/t14-/m0/s1. The van der Waals surface area contributed by atoms with E-state index in [4.69, 9.17) is 23.2 Å². The zero-order chi connectivity index (χ0) is 25.7. The van der Waals surface area contributed by atoms with Gasteiger partial charge in [-0.2, -0.15) is 14.6 Å². The van der Waals surface area contributed by atoms with Crippen molar-refractivity contribution in [3.05, 3.63) is 47.2 Å². The van der Waals surface area contributed by atoms with Gasteiger partial charge in [-0.1, -0.05) is 0 Å². The van der Waals surface area contributed by atoms with E-state index in [1.54, 1.807) is 13.8 Å². The predicted molar refractivity (Wildman–Crippen MR) is 128 cm³/mol. The summed E-state index contributed by atoms with van der Waals surface area (Å²) in [4.78, 5) is 28.8. The summed E-state index contributed by atoms with van der Waals surface area (Å²) in [5, 5.41) is 15.7. The number of H-pyrrole nitrogens is 1. The largest absolute Gasteiger partial charge is 0.339 e. The molecule has 3 rings (SSSR count). The molecule has 35 heavy (non-hydrogen) atoms. The van der Waals surface area contributed by atoms with Crippen LogP contribution in [0.4, 0.5) is 14.6 Å². The lowest BCUT2D eigenvalue weighted by molar-refractivity contribution is -0.118. The number of rotatable bonds is 10. The van der Waals surface area contributed by atoms with Gasteiger partial charge in [-0.3, -0.25) is 19.4 Å². The summed E-state index contributed by atoms with van der Waals surface area (Å²) >= 11 is 11.6. The van der Waals surface area contributed by atoms with Crippen molar-refractivity contribution in [1.29, 1.82) is 0 Å². The summed E-state index contributed by atoms with van der Waals surface area (Å²) in [5.41, 5.74) is 1.07. The van der Waals surface area contributed by atoms with Crippen molar-refractivity contribution < 1.29 is 18.4 Å². The first kappa shape index (κ1) is 26.6. The molecule has 0 bridgehead atoms. The molecule has 0 aliphatic heterocycles. The van der Waals surface area contributed by atoms with Crippen molar-refractivity contribution in [2.75, 3.05) is 5.32 Å². The number of nitrogens with zero attached hydrogens (tertiary/aromatic N) is 4. The van der Waals surface area contributed by atoms with Crippen LogP contribution < -0.4 is 10.6 Å². The Kier molecular flexibility index (Phi) is 8.79. The third-order valence-electron chi connectivity index (χ3n) is 5.34. The van der Waals surface area contributed by atoms with Crippen molar-refractivity contribution in [3.8, 4) is 11.1 Å². The molecule has 0 fully saturated rings. The maximum Gasteiger partial charge on any atom is 0.270 e. The fraction of sp³-hybridized carbons (Fsp3) is 0.409. The molecule has 3 aromatic heterocycles. The Morgan fingerprint density at radius 1 is 1.20 bits per heavy atom. The molecule has 0 unspecified atom stereocenters. The summed E-state index contributed by atoms with van der Waals surface area (Å²) in [6, 6.07) is 1.40. The van der Waals surface area contributed by atoms with Gasteiger partial charge in [-0.15, -0.1) is 23.2 Å². The predicted octanol–water partition coefficient (Wildman–Crippen LogP) is 4.29. The molecule has 9 nitrogen and oxygen atoms in total. The molecular formula is C22H25Cl2F2N7O2. The average Bonchev–Trinajstić information content (AvgIpc) is 3.39. The Morgan fingerprint density at radius 2 is 1.94 bits per heavy atom. The van der Waals surface area contributed by atoms with E-state index in [0.29, 0.717) is 30.8 Å². The first-order chi connectivity index (χ1) is 16.6. The topological polar surface area (TPSA) is 118 Å². The smallest absolute Gasteiger partial charge is 0.270 e. The Morgan fingerprint density at radius 3 is 2.54 bits per heavy atom. The molecule has 3 aromatic rings. The van der Waals surface area contributed by atoms with Crippen LogP contribution in [0.2, 0.25) is 0 Å². The number of aryl methyl sites for hydroxylation is 3. The van der Waals surface area contributed by atoms with E-state index in [1.165, 1.54) is 16.9 Å². The van der Waals surface area contributed by atoms with E-state index in [2.05, 4.69) is 30.9 Å². The minimum atomic E-state index is -1.10. The van der Waals surface area contributed by atoms with Crippen LogP contribution in [0.5, 0.6) is 0 Å². The van der Waals surface area contributed by atoms with Gasteiger partial charge in [0.15, 0.2) is 0 Å². The van der Waals surface area contributed by atoms with Crippen LogP contribution >= 0.6 is 23.2 Å². The van der Waals surface area contributed by atoms with Crippen LogP contribution in [0.15, 0.2) is 18.3 Å². The van der Waals surface area contributed by atoms with Crippen molar-refractivity contribution in [3.63, 3.8) is 0 Å². The Balaban J connectivity index is 1.81. The molecule has 0 saturated heterocycles. The molecule has 13 heteroatoms. The maximum absolute atomic E-state index is 14.9. The van der Waals surface area contributed by atoms with Crippen LogP contribution in [0.3, 0.4) is 0 Å². The third kappa shape index (κ3) is 6.34. The van der Waals surface area contributed by atoms with Crippen LogP contribution in [0.25, 0.3) is 11.1 Å². The zero-order valence-electron chi connectivity index (χ0n) is 19.3. The minimum Gasteiger partial charge on any atom is -0.339 e. The van der Waals surface area contributed by atoms with E-state index in [-0.39, 0.29) is 29.1 Å². The van der Waals surface area contributed by atoms with E-state index in [1.807, 2.05) is 6.92 Å². The molecule has 2 amide bonds. The van der Waals surface area contributed by atoms with E-state index in [0.717, 1.165) is 6.07 Å². The lowest BCUT2D eigenvalue weighted by Gasteiger charge is -2.19. The van der Waals surface area contributed by atoms with E-state index < -0.39 is 34.5 Å². The number of hydrogen-bond donors (Lipinski definition) is 3. The maximum atomic E-state index is 14.9. The molecule has 0 aliphatic rings. The number of amides is 2. The highest BCUT2D eigenvalue weighted by molar-refractivity contribution is 6.44. The van der Waals surface area contributed by atoms with Gasteiger partial charge in [0, 0.05) is 30.1 Å². The highest BCUT2D eigenvalue weighted by Crippen LogP contribution is 2.31. The number of anilines is 1. The highest BCUT2D eigenvalue weighted by Gasteiger charge is 2.25. The number of hydrogen-bond acceptors (Lipinski definition) is 5. The Bertz CT molecular complexity index is 1170. The van der Waals surface area contributed by atoms with E-state index >= 15 is 0 Å². The summed E-state index contributed by atoms with van der Waals surface area (Å²) < 4.78 is 31.2. The van der Waals surface area contributed by atoms with Crippen LogP contribution in [0.1, 0.15) is 48.1 Å². The molecule has 188 valence electrons.